The van der Waals surface area contributed by atoms with E-state index in [1.54, 1.807) is 19.6 Å². The molecule has 1 rings (SSSR count). The van der Waals surface area contributed by atoms with Crippen molar-refractivity contribution in [2.24, 2.45) is 0 Å². The summed E-state index contributed by atoms with van der Waals surface area (Å²) in [5, 5.41) is 0. The second-order valence-electron chi connectivity index (χ2n) is 7.41. The molecule has 0 aromatic heterocycles. The van der Waals surface area contributed by atoms with E-state index >= 15 is 0 Å². The zero-order valence-corrected chi connectivity index (χ0v) is 23.8. The SMILES string of the molecule is C[SiH]1O[SiH](C)O[SiH](C)O[Si](C)(CCCOCC(F)(F)C(F)(F)C(F)(F)C(F)F)O[SiH](C)O1. The normalized spacial score (nSPS) is 31.7. The van der Waals surface area contributed by atoms with Crippen molar-refractivity contribution in [3.05, 3.63) is 0 Å². The van der Waals surface area contributed by atoms with Crippen molar-refractivity contribution < 1.29 is 60.4 Å². The van der Waals surface area contributed by atoms with Gasteiger partial charge < -0.3 is 25.3 Å². The standard InChI is InChI=1S/C13H28F8O6Si5/c1-28-23-29(2)25-31(4)27-32(5,26-30(3)24-28)8-6-7-22-9-11(16,17)13(20,21)12(18,19)10(14)15/h10,28-31H,6-9H2,1-5H3. The minimum Gasteiger partial charge on any atom is -0.420 e. The maximum Gasteiger partial charge on any atom is 0.380 e. The summed E-state index contributed by atoms with van der Waals surface area (Å²) in [6.45, 7) is 6.31. The Morgan fingerprint density at radius 2 is 1.25 bits per heavy atom. The Labute approximate surface area is 189 Å². The fourth-order valence-electron chi connectivity index (χ4n) is 2.94. The first-order valence-electron chi connectivity index (χ1n) is 9.75. The minimum absolute atomic E-state index is 0.0221. The number of hydrogen-bond donors (Lipinski definition) is 0. The fourth-order valence-corrected chi connectivity index (χ4v) is 20.6. The van der Waals surface area contributed by atoms with Crippen LogP contribution in [0.5, 0.6) is 0 Å². The van der Waals surface area contributed by atoms with Gasteiger partial charge >= 0.3 is 32.8 Å². The molecule has 1 fully saturated rings. The number of rotatable bonds is 9. The van der Waals surface area contributed by atoms with E-state index in [0.29, 0.717) is 0 Å². The Hall–Kier alpha value is 0.284. The van der Waals surface area contributed by atoms with Crippen LogP contribution in [0.4, 0.5) is 35.1 Å². The highest BCUT2D eigenvalue weighted by atomic mass is 28.5. The monoisotopic (exact) mass is 572 g/mol. The van der Waals surface area contributed by atoms with Crippen molar-refractivity contribution in [3.63, 3.8) is 0 Å². The molecule has 0 bridgehead atoms. The minimum atomic E-state index is -6.28. The Bertz CT molecular complexity index is 577. The van der Waals surface area contributed by atoms with Crippen molar-refractivity contribution in [2.75, 3.05) is 13.2 Å². The van der Waals surface area contributed by atoms with Crippen LogP contribution in [0.15, 0.2) is 0 Å². The molecule has 0 aliphatic carbocycles. The molecule has 192 valence electrons. The van der Waals surface area contributed by atoms with E-state index in [-0.39, 0.29) is 12.5 Å². The summed E-state index contributed by atoms with van der Waals surface area (Å²) in [7, 11) is -11.1. The average molecular weight is 573 g/mol. The van der Waals surface area contributed by atoms with Crippen LogP contribution in [0.25, 0.3) is 0 Å². The lowest BCUT2D eigenvalue weighted by Crippen LogP contribution is -2.59. The van der Waals surface area contributed by atoms with Crippen molar-refractivity contribution in [2.45, 2.75) is 69.4 Å². The molecule has 6 nitrogen and oxygen atoms in total. The van der Waals surface area contributed by atoms with Gasteiger partial charge in [-0.1, -0.05) is 0 Å². The van der Waals surface area contributed by atoms with Gasteiger partial charge in [0.25, 0.3) is 37.1 Å². The van der Waals surface area contributed by atoms with E-state index < -0.39 is 83.1 Å². The van der Waals surface area contributed by atoms with Crippen LogP contribution in [-0.4, -0.2) is 83.1 Å². The first kappa shape index (κ1) is 30.3. The molecule has 1 heterocycles. The van der Waals surface area contributed by atoms with Gasteiger partial charge in [0.05, 0.1) is 0 Å². The largest absolute Gasteiger partial charge is 0.420 e. The highest BCUT2D eigenvalue weighted by Crippen LogP contribution is 2.48. The number of hydrogen-bond acceptors (Lipinski definition) is 6. The summed E-state index contributed by atoms with van der Waals surface area (Å²) in [4.78, 5) is 0. The van der Waals surface area contributed by atoms with Gasteiger partial charge in [-0.05, 0) is 45.2 Å². The van der Waals surface area contributed by atoms with E-state index in [2.05, 4.69) is 4.74 Å². The van der Waals surface area contributed by atoms with Crippen molar-refractivity contribution in [1.82, 2.24) is 0 Å². The van der Waals surface area contributed by atoms with Gasteiger partial charge in [0.1, 0.15) is 6.61 Å². The Kier molecular flexibility index (Phi) is 11.2. The van der Waals surface area contributed by atoms with Crippen LogP contribution in [-0.2, 0) is 25.3 Å². The highest BCUT2D eigenvalue weighted by molar-refractivity contribution is 6.80. The maximum atomic E-state index is 13.5. The first-order valence-corrected chi connectivity index (χ1v) is 20.7. The lowest BCUT2D eigenvalue weighted by molar-refractivity contribution is -0.345. The van der Waals surface area contributed by atoms with Gasteiger partial charge in [-0.3, -0.25) is 0 Å². The number of alkyl halides is 8. The number of halogens is 8. The molecule has 32 heavy (non-hydrogen) atoms. The van der Waals surface area contributed by atoms with Crippen LogP contribution in [0.3, 0.4) is 0 Å². The van der Waals surface area contributed by atoms with Gasteiger partial charge in [-0.15, -0.1) is 0 Å². The highest BCUT2D eigenvalue weighted by Gasteiger charge is 2.75. The Morgan fingerprint density at radius 3 is 1.69 bits per heavy atom. The van der Waals surface area contributed by atoms with Gasteiger partial charge in [0.2, 0.25) is 0 Å². The van der Waals surface area contributed by atoms with Gasteiger partial charge in [-0.2, -0.15) is 26.3 Å². The van der Waals surface area contributed by atoms with Gasteiger partial charge in [-0.25, -0.2) is 8.78 Å². The molecule has 1 aliphatic heterocycles. The molecule has 1 saturated heterocycles. The topological polar surface area (TPSA) is 55.4 Å². The molecule has 0 aromatic carbocycles. The predicted octanol–water partition coefficient (Wildman–Crippen LogP) is 3.13. The molecule has 0 amide bonds. The van der Waals surface area contributed by atoms with Crippen LogP contribution in [0, 0.1) is 0 Å². The molecule has 4 atom stereocenters. The second-order valence-corrected chi connectivity index (χ2v) is 19.9. The lowest BCUT2D eigenvalue weighted by atomic mass is 10.1. The van der Waals surface area contributed by atoms with Crippen LogP contribution in [0.2, 0.25) is 38.8 Å². The molecule has 1 aliphatic rings. The van der Waals surface area contributed by atoms with Crippen LogP contribution in [0.1, 0.15) is 6.42 Å². The summed E-state index contributed by atoms with van der Waals surface area (Å²) in [6.07, 6.45) is -4.94. The summed E-state index contributed by atoms with van der Waals surface area (Å²) in [6, 6.07) is 0.205. The van der Waals surface area contributed by atoms with Gasteiger partial charge in [0.15, 0.2) is 0 Å². The molecule has 0 radical (unpaired) electrons. The van der Waals surface area contributed by atoms with E-state index in [0.717, 1.165) is 0 Å². The number of ether oxygens (including phenoxy) is 1. The Morgan fingerprint density at radius 1 is 0.812 bits per heavy atom. The lowest BCUT2D eigenvalue weighted by Gasteiger charge is -2.36. The molecule has 4 unspecified atom stereocenters. The zero-order valence-electron chi connectivity index (χ0n) is 18.2. The summed E-state index contributed by atoms with van der Waals surface area (Å²) >= 11 is 0. The molecular formula is C13H28F8O6Si5. The zero-order chi connectivity index (χ0) is 25.0. The summed E-state index contributed by atoms with van der Waals surface area (Å²) in [5.74, 6) is -18.0. The molecule has 0 N–H and O–H groups in total. The van der Waals surface area contributed by atoms with Crippen LogP contribution >= 0.6 is 0 Å². The first-order chi connectivity index (χ1) is 14.4. The summed E-state index contributed by atoms with van der Waals surface area (Å²) in [5.41, 5.74) is 0. The van der Waals surface area contributed by atoms with E-state index in [1.807, 2.05) is 13.1 Å². The van der Waals surface area contributed by atoms with E-state index in [4.69, 9.17) is 20.6 Å². The molecular weight excluding hydrogens is 545 g/mol. The molecule has 0 spiro atoms. The Balaban J connectivity index is 2.66. The maximum absolute atomic E-state index is 13.5. The van der Waals surface area contributed by atoms with E-state index in [9.17, 15) is 35.1 Å². The summed E-state index contributed by atoms with van der Waals surface area (Å²) < 4.78 is 137. The van der Waals surface area contributed by atoms with E-state index in [1.165, 1.54) is 0 Å². The van der Waals surface area contributed by atoms with Gasteiger partial charge in [0, 0.05) is 6.61 Å². The fraction of sp³-hybridized carbons (Fsp3) is 1.00. The third kappa shape index (κ3) is 8.20. The quantitative estimate of drug-likeness (QED) is 0.241. The molecule has 0 aromatic rings. The average Bonchev–Trinajstić information content (AvgIpc) is 2.58. The predicted molar refractivity (Wildman–Crippen MR) is 110 cm³/mol. The van der Waals surface area contributed by atoms with Crippen molar-refractivity contribution in [3.8, 4) is 0 Å². The second kappa shape index (κ2) is 11.8. The van der Waals surface area contributed by atoms with Crippen molar-refractivity contribution in [1.29, 1.82) is 0 Å². The third-order valence-electron chi connectivity index (χ3n) is 4.34. The third-order valence-corrected chi connectivity index (χ3v) is 21.4. The molecule has 0 saturated carbocycles. The smallest absolute Gasteiger partial charge is 0.380 e. The van der Waals surface area contributed by atoms with Crippen LogP contribution < -0.4 is 0 Å². The molecule has 19 heteroatoms. The van der Waals surface area contributed by atoms with Crippen molar-refractivity contribution >= 4 is 45.7 Å².